The second-order valence-corrected chi connectivity index (χ2v) is 8.66. The predicted molar refractivity (Wildman–Crippen MR) is 113 cm³/mol. The molecule has 1 unspecified atom stereocenters. The van der Waals surface area contributed by atoms with Crippen LogP contribution in [-0.4, -0.2) is 55.5 Å². The Kier molecular flexibility index (Phi) is 6.24. The Morgan fingerprint density at radius 3 is 2.71 bits per heavy atom. The highest BCUT2D eigenvalue weighted by Gasteiger charge is 2.40. The summed E-state index contributed by atoms with van der Waals surface area (Å²) in [6.45, 7) is 2.74. The van der Waals surface area contributed by atoms with Gasteiger partial charge in [0.25, 0.3) is 5.78 Å². The maximum absolute atomic E-state index is 13.0. The van der Waals surface area contributed by atoms with Gasteiger partial charge in [0.2, 0.25) is 6.41 Å². The fourth-order valence-corrected chi connectivity index (χ4v) is 5.12. The van der Waals surface area contributed by atoms with Crippen LogP contribution in [0.3, 0.4) is 0 Å². The normalized spacial score (nSPS) is 18.4. The smallest absolute Gasteiger partial charge is 0.340 e. The molecular formula is C22H22F3N3O2S. The molecule has 2 aliphatic heterocycles. The van der Waals surface area contributed by atoms with Gasteiger partial charge in [-0.1, -0.05) is 23.9 Å². The van der Waals surface area contributed by atoms with E-state index in [9.17, 15) is 22.8 Å². The molecule has 1 saturated heterocycles. The first-order chi connectivity index (χ1) is 14.9. The average Bonchev–Trinajstić information content (AvgIpc) is 2.77. The van der Waals surface area contributed by atoms with Gasteiger partial charge in [0, 0.05) is 47.6 Å². The number of halogens is 3. The lowest BCUT2D eigenvalue weighted by molar-refractivity contribution is -0.121. The van der Waals surface area contributed by atoms with E-state index in [4.69, 9.17) is 0 Å². The zero-order valence-corrected chi connectivity index (χ0v) is 17.5. The molecule has 1 N–H and O–H groups in total. The van der Waals surface area contributed by atoms with Gasteiger partial charge in [0.1, 0.15) is 0 Å². The number of benzene rings is 2. The van der Waals surface area contributed by atoms with Crippen LogP contribution >= 0.6 is 11.8 Å². The van der Waals surface area contributed by atoms with Crippen molar-refractivity contribution in [2.45, 2.75) is 34.9 Å². The lowest BCUT2D eigenvalue weighted by Gasteiger charge is -2.36. The molecule has 2 aromatic rings. The summed E-state index contributed by atoms with van der Waals surface area (Å²) in [6, 6.07) is 12.0. The SMILES string of the molecule is O=CN1CCNCC1CCCN1c2ccccc2Sc2ccc(C(=O)C(F)(F)F)cc21. The second-order valence-electron chi connectivity index (χ2n) is 7.57. The molecule has 2 heterocycles. The lowest BCUT2D eigenvalue weighted by atomic mass is 10.1. The molecule has 9 heteroatoms. The standard InChI is InChI=1S/C22H22F3N3O2S/c23-22(24,25)21(30)15-7-8-20-18(12-15)28(17-5-1-2-6-19(17)31-20)10-3-4-16-13-26-9-11-27(16)14-29/h1-2,5-8,12,14,16,26H,3-4,9-11,13H2. The molecule has 2 aliphatic rings. The van der Waals surface area contributed by atoms with Crippen molar-refractivity contribution in [3.63, 3.8) is 0 Å². The molecule has 0 radical (unpaired) electrons. The van der Waals surface area contributed by atoms with Crippen LogP contribution < -0.4 is 10.2 Å². The molecule has 1 amide bonds. The zero-order chi connectivity index (χ0) is 22.0. The number of amides is 1. The lowest BCUT2D eigenvalue weighted by Crippen LogP contribution is -2.50. The van der Waals surface area contributed by atoms with Gasteiger partial charge in [0.15, 0.2) is 0 Å². The molecule has 31 heavy (non-hydrogen) atoms. The molecule has 2 aromatic carbocycles. The van der Waals surface area contributed by atoms with Crippen molar-refractivity contribution in [2.24, 2.45) is 0 Å². The average molecular weight is 449 g/mol. The topological polar surface area (TPSA) is 52.7 Å². The maximum Gasteiger partial charge on any atom is 0.454 e. The van der Waals surface area contributed by atoms with Crippen molar-refractivity contribution in [1.29, 1.82) is 0 Å². The first-order valence-corrected chi connectivity index (χ1v) is 10.9. The summed E-state index contributed by atoms with van der Waals surface area (Å²) in [5, 5.41) is 3.29. The van der Waals surface area contributed by atoms with E-state index >= 15 is 0 Å². The Morgan fingerprint density at radius 2 is 1.94 bits per heavy atom. The number of fused-ring (bicyclic) bond motifs is 2. The van der Waals surface area contributed by atoms with E-state index in [2.05, 4.69) is 5.32 Å². The number of para-hydroxylation sites is 1. The van der Waals surface area contributed by atoms with E-state index in [1.807, 2.05) is 29.2 Å². The number of alkyl halides is 3. The van der Waals surface area contributed by atoms with Gasteiger partial charge in [-0.25, -0.2) is 0 Å². The van der Waals surface area contributed by atoms with Gasteiger partial charge in [-0.05, 0) is 43.2 Å². The number of Topliss-reactive ketones (excluding diaryl/α,β-unsaturated/α-hetero) is 1. The highest BCUT2D eigenvalue weighted by atomic mass is 32.2. The van der Waals surface area contributed by atoms with Gasteiger partial charge in [-0.2, -0.15) is 13.2 Å². The van der Waals surface area contributed by atoms with Gasteiger partial charge in [-0.15, -0.1) is 0 Å². The van der Waals surface area contributed by atoms with Crippen molar-refractivity contribution in [1.82, 2.24) is 10.2 Å². The Hall–Kier alpha value is -2.52. The van der Waals surface area contributed by atoms with Crippen molar-refractivity contribution < 1.29 is 22.8 Å². The van der Waals surface area contributed by atoms with Gasteiger partial charge in [0.05, 0.1) is 11.4 Å². The number of nitrogens with zero attached hydrogens (tertiary/aromatic N) is 2. The first kappa shape index (κ1) is 21.7. The van der Waals surface area contributed by atoms with Crippen molar-refractivity contribution in [2.75, 3.05) is 31.1 Å². The third-order valence-electron chi connectivity index (χ3n) is 5.60. The third-order valence-corrected chi connectivity index (χ3v) is 6.73. The Bertz CT molecular complexity index is 983. The van der Waals surface area contributed by atoms with Crippen LogP contribution in [0.5, 0.6) is 0 Å². The van der Waals surface area contributed by atoms with Gasteiger partial charge in [-0.3, -0.25) is 9.59 Å². The Morgan fingerprint density at radius 1 is 1.16 bits per heavy atom. The summed E-state index contributed by atoms with van der Waals surface area (Å²) in [6.07, 6.45) is -2.52. The Labute approximate surface area is 182 Å². The number of anilines is 2. The minimum atomic E-state index is -4.91. The summed E-state index contributed by atoms with van der Waals surface area (Å²) in [4.78, 5) is 28.7. The number of rotatable bonds is 6. The maximum atomic E-state index is 13.0. The minimum Gasteiger partial charge on any atom is -0.340 e. The van der Waals surface area contributed by atoms with Gasteiger partial charge < -0.3 is 15.1 Å². The van der Waals surface area contributed by atoms with Crippen molar-refractivity contribution >= 4 is 35.3 Å². The molecule has 0 aromatic heterocycles. The van der Waals surface area contributed by atoms with Gasteiger partial charge >= 0.3 is 6.18 Å². The number of carbonyl (C=O) groups excluding carboxylic acids is 2. The van der Waals surface area contributed by atoms with Crippen LogP contribution in [0.15, 0.2) is 52.3 Å². The van der Waals surface area contributed by atoms with E-state index in [0.29, 0.717) is 18.8 Å². The third kappa shape index (κ3) is 4.57. The Balaban J connectivity index is 1.59. The molecule has 4 rings (SSSR count). The second kappa shape index (κ2) is 8.92. The molecule has 164 valence electrons. The fourth-order valence-electron chi connectivity index (χ4n) is 4.04. The number of hydrogen-bond acceptors (Lipinski definition) is 5. The summed E-state index contributed by atoms with van der Waals surface area (Å²) >= 11 is 1.48. The van der Waals surface area contributed by atoms with E-state index < -0.39 is 12.0 Å². The van der Waals surface area contributed by atoms with E-state index in [1.54, 1.807) is 11.0 Å². The molecule has 0 aliphatic carbocycles. The molecule has 0 saturated carbocycles. The van der Waals surface area contributed by atoms with E-state index in [1.165, 1.54) is 23.9 Å². The molecule has 1 atom stereocenters. The number of hydrogen-bond donors (Lipinski definition) is 1. The molecule has 5 nitrogen and oxygen atoms in total. The van der Waals surface area contributed by atoms with Crippen LogP contribution in [0.2, 0.25) is 0 Å². The predicted octanol–water partition coefficient (Wildman–Crippen LogP) is 4.24. The fraction of sp³-hybridized carbons (Fsp3) is 0.364. The largest absolute Gasteiger partial charge is 0.454 e. The highest BCUT2D eigenvalue weighted by molar-refractivity contribution is 7.99. The zero-order valence-electron chi connectivity index (χ0n) is 16.7. The van der Waals surface area contributed by atoms with Crippen molar-refractivity contribution in [3.8, 4) is 0 Å². The summed E-state index contributed by atoms with van der Waals surface area (Å²) in [5.41, 5.74) is 1.15. The molecule has 1 fully saturated rings. The number of nitrogens with one attached hydrogen (secondary N) is 1. The minimum absolute atomic E-state index is 0.0956. The monoisotopic (exact) mass is 449 g/mol. The van der Waals surface area contributed by atoms with Crippen LogP contribution in [-0.2, 0) is 4.79 Å². The van der Waals surface area contributed by atoms with Crippen molar-refractivity contribution in [3.05, 3.63) is 48.0 Å². The summed E-state index contributed by atoms with van der Waals surface area (Å²) in [5.74, 6) is -1.84. The van der Waals surface area contributed by atoms with Crippen LogP contribution in [0.25, 0.3) is 0 Å². The quantitative estimate of drug-likeness (QED) is 0.528. The molecule has 0 spiro atoms. The first-order valence-electron chi connectivity index (χ1n) is 10.1. The number of ketones is 1. The molecule has 0 bridgehead atoms. The summed E-state index contributed by atoms with van der Waals surface area (Å²) < 4.78 is 38.9. The van der Waals surface area contributed by atoms with Crippen LogP contribution in [0.1, 0.15) is 23.2 Å². The van der Waals surface area contributed by atoms with Crippen LogP contribution in [0, 0.1) is 0 Å². The van der Waals surface area contributed by atoms with E-state index in [-0.39, 0.29) is 11.6 Å². The van der Waals surface area contributed by atoms with Crippen LogP contribution in [0.4, 0.5) is 24.5 Å². The number of piperazine rings is 1. The molecular weight excluding hydrogens is 427 g/mol. The number of carbonyl (C=O) groups is 2. The highest BCUT2D eigenvalue weighted by Crippen LogP contribution is 2.48. The van der Waals surface area contributed by atoms with E-state index in [0.717, 1.165) is 47.8 Å². The summed E-state index contributed by atoms with van der Waals surface area (Å²) in [7, 11) is 0.